The molecule has 2 aromatic heterocycles. The molecule has 4 nitrogen and oxygen atoms in total. The highest BCUT2D eigenvalue weighted by atomic mass is 35.5. The van der Waals surface area contributed by atoms with Crippen LogP contribution in [-0.2, 0) is 11.8 Å². The van der Waals surface area contributed by atoms with Crippen LogP contribution < -0.4 is 5.32 Å². The zero-order chi connectivity index (χ0) is 24.2. The Kier molecular flexibility index (Phi) is 5.87. The smallest absolute Gasteiger partial charge is 0.253 e. The van der Waals surface area contributed by atoms with Gasteiger partial charge in [0, 0.05) is 15.6 Å². The highest BCUT2D eigenvalue weighted by Gasteiger charge is 2.30. The van der Waals surface area contributed by atoms with Crippen molar-refractivity contribution < 1.29 is 4.79 Å². The third-order valence-corrected chi connectivity index (χ3v) is 7.05. The number of carbonyl (C=O) groups excluding carboxylic acids is 1. The molecule has 0 fully saturated rings. The fourth-order valence-electron chi connectivity index (χ4n) is 4.94. The molecule has 0 saturated heterocycles. The highest BCUT2D eigenvalue weighted by molar-refractivity contribution is 6.36. The van der Waals surface area contributed by atoms with E-state index < -0.39 is 0 Å². The van der Waals surface area contributed by atoms with Crippen LogP contribution in [0.25, 0.3) is 16.8 Å². The SMILES string of the molecule is CC(C)(C)c1c(C(=O)N[C@H]2CCc3ccccc32)cnn2c(-c3cc(Cl)cc(Cl)c3)c(Cl)cc12. The first-order valence-corrected chi connectivity index (χ1v) is 12.3. The second-order valence-corrected chi connectivity index (χ2v) is 11.0. The summed E-state index contributed by atoms with van der Waals surface area (Å²) in [5.41, 5.74) is 5.80. The van der Waals surface area contributed by atoms with Crippen molar-refractivity contribution in [2.45, 2.75) is 45.1 Å². The van der Waals surface area contributed by atoms with E-state index in [4.69, 9.17) is 34.8 Å². The summed E-state index contributed by atoms with van der Waals surface area (Å²) in [6, 6.07) is 15.4. The Bertz CT molecular complexity index is 1420. The van der Waals surface area contributed by atoms with Crippen LogP contribution in [0.1, 0.15) is 60.3 Å². The molecule has 174 valence electrons. The molecule has 7 heteroatoms. The number of hydrogen-bond donors (Lipinski definition) is 1. The highest BCUT2D eigenvalue weighted by Crippen LogP contribution is 2.39. The van der Waals surface area contributed by atoms with E-state index in [0.717, 1.165) is 29.5 Å². The molecular formula is C27H24Cl3N3O. The van der Waals surface area contributed by atoms with Gasteiger partial charge in [-0.05, 0) is 59.2 Å². The first-order valence-electron chi connectivity index (χ1n) is 11.2. The molecule has 0 unspecified atom stereocenters. The minimum Gasteiger partial charge on any atom is -0.345 e. The number of halogens is 3. The number of benzene rings is 2. The fourth-order valence-corrected chi connectivity index (χ4v) is 5.76. The van der Waals surface area contributed by atoms with Gasteiger partial charge in [0.2, 0.25) is 0 Å². The second-order valence-electron chi connectivity index (χ2n) is 9.74. The number of hydrogen-bond acceptors (Lipinski definition) is 2. The topological polar surface area (TPSA) is 46.4 Å². The Hall–Kier alpha value is -2.53. The summed E-state index contributed by atoms with van der Waals surface area (Å²) >= 11 is 19.2. The summed E-state index contributed by atoms with van der Waals surface area (Å²) in [7, 11) is 0. The first kappa shape index (κ1) is 23.2. The van der Waals surface area contributed by atoms with Crippen LogP contribution in [-0.4, -0.2) is 15.5 Å². The number of aryl methyl sites for hydroxylation is 1. The van der Waals surface area contributed by atoms with Gasteiger partial charge in [0.1, 0.15) is 0 Å². The zero-order valence-electron chi connectivity index (χ0n) is 19.1. The third kappa shape index (κ3) is 4.08. The maximum absolute atomic E-state index is 13.5. The van der Waals surface area contributed by atoms with E-state index in [0.29, 0.717) is 26.3 Å². The van der Waals surface area contributed by atoms with Gasteiger partial charge in [-0.1, -0.05) is 79.8 Å². The predicted molar refractivity (Wildman–Crippen MR) is 139 cm³/mol. The quantitative estimate of drug-likeness (QED) is 0.306. The molecule has 34 heavy (non-hydrogen) atoms. The van der Waals surface area contributed by atoms with E-state index in [9.17, 15) is 4.79 Å². The Morgan fingerprint density at radius 3 is 2.47 bits per heavy atom. The molecule has 0 saturated carbocycles. The lowest BCUT2D eigenvalue weighted by molar-refractivity contribution is 0.0934. The zero-order valence-corrected chi connectivity index (χ0v) is 21.4. The maximum Gasteiger partial charge on any atom is 0.253 e. The van der Waals surface area contributed by atoms with E-state index in [1.807, 2.05) is 18.2 Å². The Morgan fingerprint density at radius 1 is 1.06 bits per heavy atom. The molecule has 4 aromatic rings. The molecular weight excluding hydrogens is 489 g/mol. The van der Waals surface area contributed by atoms with Gasteiger partial charge >= 0.3 is 0 Å². The molecule has 0 spiro atoms. The number of aromatic nitrogens is 2. The van der Waals surface area contributed by atoms with Crippen LogP contribution in [0.2, 0.25) is 15.1 Å². The Balaban J connectivity index is 1.62. The van der Waals surface area contributed by atoms with Crippen LogP contribution in [0.5, 0.6) is 0 Å². The maximum atomic E-state index is 13.5. The molecule has 1 amide bonds. The summed E-state index contributed by atoms with van der Waals surface area (Å²) < 4.78 is 1.77. The van der Waals surface area contributed by atoms with Gasteiger partial charge in [-0.15, -0.1) is 0 Å². The molecule has 2 aromatic carbocycles. The minimum atomic E-state index is -0.338. The molecule has 1 aliphatic rings. The monoisotopic (exact) mass is 511 g/mol. The van der Waals surface area contributed by atoms with Crippen LogP contribution in [0, 0.1) is 0 Å². The van der Waals surface area contributed by atoms with E-state index in [1.54, 1.807) is 28.9 Å². The van der Waals surface area contributed by atoms with Crippen molar-refractivity contribution in [3.8, 4) is 11.3 Å². The molecule has 0 radical (unpaired) electrons. The van der Waals surface area contributed by atoms with Gasteiger partial charge in [0.05, 0.1) is 34.0 Å². The summed E-state index contributed by atoms with van der Waals surface area (Å²) in [6.45, 7) is 6.25. The van der Waals surface area contributed by atoms with Crippen LogP contribution >= 0.6 is 34.8 Å². The van der Waals surface area contributed by atoms with Crippen LogP contribution in [0.15, 0.2) is 54.7 Å². The van der Waals surface area contributed by atoms with Crippen LogP contribution in [0.4, 0.5) is 0 Å². The van der Waals surface area contributed by atoms with Gasteiger partial charge in [-0.25, -0.2) is 4.52 Å². The average molecular weight is 513 g/mol. The van der Waals surface area contributed by atoms with Gasteiger partial charge in [0.25, 0.3) is 5.91 Å². The standard InChI is InChI=1S/C27H24Cl3N3O/c1-27(2,3)24-20(26(34)32-22-9-8-15-6-4-5-7-19(15)22)14-31-33-23(24)13-21(30)25(33)16-10-17(28)12-18(29)11-16/h4-7,10-14,22H,8-9H2,1-3H3,(H,32,34)/t22-/m0/s1. The largest absolute Gasteiger partial charge is 0.345 e. The first-order chi connectivity index (χ1) is 16.1. The average Bonchev–Trinajstić information content (AvgIpc) is 3.31. The lowest BCUT2D eigenvalue weighted by atomic mass is 9.83. The lowest BCUT2D eigenvalue weighted by Crippen LogP contribution is -2.30. The summed E-state index contributed by atoms with van der Waals surface area (Å²) in [6.07, 6.45) is 3.49. The number of nitrogens with zero attached hydrogens (tertiary/aromatic N) is 2. The van der Waals surface area contributed by atoms with E-state index in [1.165, 1.54) is 11.1 Å². The van der Waals surface area contributed by atoms with Crippen molar-refractivity contribution in [3.63, 3.8) is 0 Å². The van der Waals surface area contributed by atoms with E-state index in [2.05, 4.69) is 43.3 Å². The van der Waals surface area contributed by atoms with Crippen molar-refractivity contribution in [2.75, 3.05) is 0 Å². The number of nitrogens with one attached hydrogen (secondary N) is 1. The van der Waals surface area contributed by atoms with Gasteiger partial charge in [-0.3, -0.25) is 4.79 Å². The predicted octanol–water partition coefficient (Wildman–Crippen LogP) is 7.68. The fraction of sp³-hybridized carbons (Fsp3) is 0.259. The Labute approximate surface area is 213 Å². The molecule has 0 aliphatic heterocycles. The molecule has 2 heterocycles. The lowest BCUT2D eigenvalue weighted by Gasteiger charge is -2.24. The number of carbonyl (C=O) groups is 1. The molecule has 5 rings (SSSR count). The molecule has 0 bridgehead atoms. The molecule has 1 N–H and O–H groups in total. The van der Waals surface area contributed by atoms with Gasteiger partial charge < -0.3 is 5.32 Å². The van der Waals surface area contributed by atoms with Crippen molar-refractivity contribution >= 4 is 46.2 Å². The van der Waals surface area contributed by atoms with E-state index >= 15 is 0 Å². The summed E-state index contributed by atoms with van der Waals surface area (Å²) in [5, 5.41) is 9.41. The molecule has 1 atom stereocenters. The van der Waals surface area contributed by atoms with Crippen LogP contribution in [0.3, 0.4) is 0 Å². The summed E-state index contributed by atoms with van der Waals surface area (Å²) in [5.74, 6) is -0.133. The van der Waals surface area contributed by atoms with Gasteiger partial charge in [0.15, 0.2) is 0 Å². The number of rotatable bonds is 3. The van der Waals surface area contributed by atoms with Crippen molar-refractivity contribution in [1.82, 2.24) is 14.9 Å². The normalized spacial score (nSPS) is 15.5. The van der Waals surface area contributed by atoms with Gasteiger partial charge in [-0.2, -0.15) is 5.10 Å². The number of fused-ring (bicyclic) bond motifs is 2. The minimum absolute atomic E-state index is 0.00715. The van der Waals surface area contributed by atoms with Crippen molar-refractivity contribution in [2.24, 2.45) is 0 Å². The number of amides is 1. The third-order valence-electron chi connectivity index (χ3n) is 6.33. The van der Waals surface area contributed by atoms with Crippen molar-refractivity contribution in [3.05, 3.63) is 92.0 Å². The summed E-state index contributed by atoms with van der Waals surface area (Å²) in [4.78, 5) is 13.5. The molecule has 1 aliphatic carbocycles. The Morgan fingerprint density at radius 2 is 1.76 bits per heavy atom. The van der Waals surface area contributed by atoms with E-state index in [-0.39, 0.29) is 17.4 Å². The second kappa shape index (κ2) is 8.60. The van der Waals surface area contributed by atoms with Crippen molar-refractivity contribution in [1.29, 1.82) is 0 Å².